The van der Waals surface area contributed by atoms with Crippen molar-refractivity contribution in [3.05, 3.63) is 59.8 Å². The van der Waals surface area contributed by atoms with Crippen LogP contribution in [-0.4, -0.2) is 57.6 Å². The molecule has 0 fully saturated rings. The molecule has 0 unspecified atom stereocenters. The van der Waals surface area contributed by atoms with Crippen LogP contribution in [0.3, 0.4) is 0 Å². The molecule has 0 amide bonds. The van der Waals surface area contributed by atoms with Crippen molar-refractivity contribution in [1.29, 1.82) is 0 Å². The topological polar surface area (TPSA) is 109 Å². The van der Waals surface area contributed by atoms with E-state index in [1.807, 2.05) is 49.4 Å². The summed E-state index contributed by atoms with van der Waals surface area (Å²) in [4.78, 5) is 11.8. The van der Waals surface area contributed by atoms with Gasteiger partial charge in [-0.15, -0.1) is 5.10 Å². The highest BCUT2D eigenvalue weighted by Gasteiger charge is 2.37. The Balaban J connectivity index is 1.75. The Kier molecular flexibility index (Phi) is 8.80. The third-order valence-corrected chi connectivity index (χ3v) is 8.04. The van der Waals surface area contributed by atoms with Gasteiger partial charge < -0.3 is 18.9 Å². The van der Waals surface area contributed by atoms with Crippen LogP contribution >= 0.6 is 0 Å². The van der Waals surface area contributed by atoms with Crippen molar-refractivity contribution in [2.24, 2.45) is 0 Å². The monoisotopic (exact) mass is 555 g/mol. The van der Waals surface area contributed by atoms with Crippen molar-refractivity contribution in [1.82, 2.24) is 9.78 Å². The Hall–Kier alpha value is -3.99. The van der Waals surface area contributed by atoms with Crippen molar-refractivity contribution in [3.8, 4) is 17.4 Å². The van der Waals surface area contributed by atoms with E-state index in [4.69, 9.17) is 18.9 Å². The number of aryl methyl sites for hydroxylation is 1. The number of aromatic nitrogens is 2. The summed E-state index contributed by atoms with van der Waals surface area (Å²) < 4.78 is 52.9. The highest BCUT2D eigenvalue weighted by Crippen LogP contribution is 2.40. The largest absolute Gasteiger partial charge is 0.496 e. The fourth-order valence-corrected chi connectivity index (χ4v) is 5.84. The fraction of sp³-hybridized carbons (Fsp3) is 0.357. The molecule has 0 radical (unpaired) electrons. The van der Waals surface area contributed by atoms with Crippen LogP contribution in [0, 0.1) is 0 Å². The molecule has 3 aromatic rings. The van der Waals surface area contributed by atoms with Crippen LogP contribution < -0.4 is 18.5 Å². The van der Waals surface area contributed by atoms with Crippen LogP contribution in [0.15, 0.2) is 53.6 Å². The molecular weight excluding hydrogens is 522 g/mol. The second kappa shape index (κ2) is 12.2. The number of rotatable bonds is 11. The highest BCUT2D eigenvalue weighted by molar-refractivity contribution is 7.93. The van der Waals surface area contributed by atoms with Crippen molar-refractivity contribution in [2.75, 3.05) is 31.7 Å². The molecule has 1 aliphatic heterocycles. The van der Waals surface area contributed by atoms with Crippen LogP contribution in [0.4, 0.5) is 5.69 Å². The van der Waals surface area contributed by atoms with Crippen molar-refractivity contribution >= 4 is 33.8 Å². The van der Waals surface area contributed by atoms with Gasteiger partial charge in [0, 0.05) is 24.7 Å². The van der Waals surface area contributed by atoms with Crippen LogP contribution in [0.5, 0.6) is 17.4 Å². The standard InChI is InChI=1S/C28H33N3O7S/c1-5-30-19-26(28(29-30)37-6-2)39(33,34)31-18-22(14-16-27(32)36-4)38-25-15-12-20(17-23(25)31)11-13-21-9-7-8-10-24(21)35-3/h7-13,15,17,19,22H,5-6,14,16,18H2,1-4H3/b13-11+/t22-/m0/s1. The number of anilines is 1. The number of methoxy groups -OCH3 is 2. The van der Waals surface area contributed by atoms with Crippen LogP contribution in [0.25, 0.3) is 12.2 Å². The first kappa shape index (κ1) is 28.0. The van der Waals surface area contributed by atoms with Gasteiger partial charge in [0.15, 0.2) is 4.90 Å². The number of fused-ring (bicyclic) bond motifs is 1. The predicted molar refractivity (Wildman–Crippen MR) is 148 cm³/mol. The fourth-order valence-electron chi connectivity index (χ4n) is 4.26. The van der Waals surface area contributed by atoms with Crippen LogP contribution in [-0.2, 0) is 26.1 Å². The Labute approximate surface area is 228 Å². The Morgan fingerprint density at radius 1 is 1.15 bits per heavy atom. The van der Waals surface area contributed by atoms with Crippen LogP contribution in [0.1, 0.15) is 37.8 Å². The van der Waals surface area contributed by atoms with Gasteiger partial charge in [0.2, 0.25) is 0 Å². The van der Waals surface area contributed by atoms with Gasteiger partial charge in [-0.25, -0.2) is 8.42 Å². The lowest BCUT2D eigenvalue weighted by atomic mass is 10.1. The number of nitrogens with zero attached hydrogens (tertiary/aromatic N) is 3. The molecule has 0 aliphatic carbocycles. The molecular formula is C28H33N3O7S. The zero-order valence-electron chi connectivity index (χ0n) is 22.5. The van der Waals surface area contributed by atoms with E-state index in [1.165, 1.54) is 22.3 Å². The smallest absolute Gasteiger partial charge is 0.305 e. The average Bonchev–Trinajstić information content (AvgIpc) is 3.38. The minimum Gasteiger partial charge on any atom is -0.496 e. The number of ether oxygens (including phenoxy) is 4. The number of sulfonamides is 1. The summed E-state index contributed by atoms with van der Waals surface area (Å²) in [6.07, 6.45) is 5.10. The summed E-state index contributed by atoms with van der Waals surface area (Å²) in [5.41, 5.74) is 2.04. The number of para-hydroxylation sites is 1. The molecule has 208 valence electrons. The SMILES string of the molecule is CCOc1nn(CC)cc1S(=O)(=O)N1C[C@H](CCC(=O)OC)Oc2ccc(/C=C/c3ccccc3OC)cc21. The second-order valence-corrected chi connectivity index (χ2v) is 10.6. The molecule has 2 aromatic carbocycles. The molecule has 10 nitrogen and oxygen atoms in total. The van der Waals surface area contributed by atoms with E-state index < -0.39 is 22.1 Å². The lowest BCUT2D eigenvalue weighted by Crippen LogP contribution is -2.43. The number of hydrogen-bond donors (Lipinski definition) is 0. The molecule has 39 heavy (non-hydrogen) atoms. The minimum atomic E-state index is -4.10. The average molecular weight is 556 g/mol. The predicted octanol–water partition coefficient (Wildman–Crippen LogP) is 4.39. The summed E-state index contributed by atoms with van der Waals surface area (Å²) in [6.45, 7) is 4.40. The van der Waals surface area contributed by atoms with Gasteiger partial charge in [-0.1, -0.05) is 36.4 Å². The van der Waals surface area contributed by atoms with Gasteiger partial charge in [0.05, 0.1) is 33.1 Å². The third-order valence-electron chi connectivity index (χ3n) is 6.28. The summed E-state index contributed by atoms with van der Waals surface area (Å²) in [5, 5.41) is 4.30. The van der Waals surface area contributed by atoms with E-state index in [2.05, 4.69) is 5.10 Å². The third kappa shape index (κ3) is 6.19. The van der Waals surface area contributed by atoms with E-state index in [0.717, 1.165) is 16.9 Å². The van der Waals surface area contributed by atoms with E-state index in [9.17, 15) is 13.2 Å². The number of carbonyl (C=O) groups is 1. The zero-order valence-corrected chi connectivity index (χ0v) is 23.3. The highest BCUT2D eigenvalue weighted by atomic mass is 32.2. The van der Waals surface area contributed by atoms with Gasteiger partial charge in [-0.2, -0.15) is 0 Å². The Bertz CT molecular complexity index is 1450. The van der Waals surface area contributed by atoms with E-state index >= 15 is 0 Å². The van der Waals surface area contributed by atoms with Gasteiger partial charge in [-0.3, -0.25) is 13.8 Å². The first-order chi connectivity index (χ1) is 18.8. The van der Waals surface area contributed by atoms with E-state index in [0.29, 0.717) is 24.4 Å². The van der Waals surface area contributed by atoms with Crippen molar-refractivity contribution < 1.29 is 32.2 Å². The first-order valence-electron chi connectivity index (χ1n) is 12.7. The maximum absolute atomic E-state index is 14.1. The summed E-state index contributed by atoms with van der Waals surface area (Å²) in [5.74, 6) is 0.781. The van der Waals surface area contributed by atoms with Crippen molar-refractivity contribution in [2.45, 2.75) is 44.2 Å². The molecule has 1 aliphatic rings. The molecule has 0 spiro atoms. The summed E-state index contributed by atoms with van der Waals surface area (Å²) in [7, 11) is -1.18. The molecule has 2 heterocycles. The number of hydrogen-bond acceptors (Lipinski definition) is 8. The van der Waals surface area contributed by atoms with Gasteiger partial charge in [0.1, 0.15) is 17.6 Å². The van der Waals surface area contributed by atoms with E-state index in [-0.39, 0.29) is 30.3 Å². The Morgan fingerprint density at radius 3 is 2.67 bits per heavy atom. The molecule has 0 saturated heterocycles. The van der Waals surface area contributed by atoms with E-state index in [1.54, 1.807) is 26.2 Å². The molecule has 0 N–H and O–H groups in total. The van der Waals surface area contributed by atoms with Crippen molar-refractivity contribution in [3.63, 3.8) is 0 Å². The second-order valence-electron chi connectivity index (χ2n) is 8.78. The van der Waals surface area contributed by atoms with Crippen LogP contribution in [0.2, 0.25) is 0 Å². The number of esters is 1. The minimum absolute atomic E-state index is 0.00880. The summed E-state index contributed by atoms with van der Waals surface area (Å²) in [6, 6.07) is 13.0. The Morgan fingerprint density at radius 2 is 1.95 bits per heavy atom. The maximum atomic E-state index is 14.1. The quantitative estimate of drug-likeness (QED) is 0.253. The van der Waals surface area contributed by atoms with Gasteiger partial charge in [-0.05, 0) is 44.0 Å². The number of benzene rings is 2. The number of carbonyl (C=O) groups excluding carboxylic acids is 1. The first-order valence-corrected chi connectivity index (χ1v) is 14.2. The van der Waals surface area contributed by atoms with Gasteiger partial charge in [0.25, 0.3) is 15.9 Å². The van der Waals surface area contributed by atoms with Gasteiger partial charge >= 0.3 is 5.97 Å². The molecule has 0 bridgehead atoms. The maximum Gasteiger partial charge on any atom is 0.305 e. The lowest BCUT2D eigenvalue weighted by molar-refractivity contribution is -0.141. The molecule has 4 rings (SSSR count). The summed E-state index contributed by atoms with van der Waals surface area (Å²) >= 11 is 0. The normalized spacial score (nSPS) is 15.1. The molecule has 1 atom stereocenters. The lowest BCUT2D eigenvalue weighted by Gasteiger charge is -2.35. The zero-order chi connectivity index (χ0) is 28.0. The molecule has 1 aromatic heterocycles. The molecule has 0 saturated carbocycles. The molecule has 11 heteroatoms.